The Morgan fingerprint density at radius 1 is 1.53 bits per heavy atom. The molecule has 1 rings (SSSR count). The number of carbonyl (C=O) groups excluding carboxylic acids is 2. The molecule has 7 nitrogen and oxygen atoms in total. The summed E-state index contributed by atoms with van der Waals surface area (Å²) in [6, 6.07) is 0. The van der Waals surface area contributed by atoms with Crippen molar-refractivity contribution in [2.45, 2.75) is 19.8 Å². The van der Waals surface area contributed by atoms with Crippen molar-refractivity contribution in [1.82, 2.24) is 15.5 Å². The maximum atomic E-state index is 11.1. The highest BCUT2D eigenvalue weighted by Gasteiger charge is 2.07. The number of nitrogens with zero attached hydrogens (tertiary/aromatic N) is 2. The summed E-state index contributed by atoms with van der Waals surface area (Å²) >= 11 is 0. The number of aromatic nitrogens is 2. The van der Waals surface area contributed by atoms with E-state index in [4.69, 9.17) is 10.3 Å². The van der Waals surface area contributed by atoms with Gasteiger partial charge in [0.1, 0.15) is 0 Å². The fourth-order valence-corrected chi connectivity index (χ4v) is 0.936. The highest BCUT2D eigenvalue weighted by atomic mass is 16.5. The highest BCUT2D eigenvalue weighted by Crippen LogP contribution is 1.99. The molecular formula is C8H12N4O3. The summed E-state index contributed by atoms with van der Waals surface area (Å²) in [6.45, 7) is 1.54. The van der Waals surface area contributed by atoms with Gasteiger partial charge >= 0.3 is 0 Å². The van der Waals surface area contributed by atoms with Crippen molar-refractivity contribution >= 4 is 11.8 Å². The van der Waals surface area contributed by atoms with Gasteiger partial charge in [0.2, 0.25) is 17.7 Å². The Balaban J connectivity index is 2.25. The van der Waals surface area contributed by atoms with Gasteiger partial charge in [0.15, 0.2) is 5.82 Å². The van der Waals surface area contributed by atoms with Gasteiger partial charge in [-0.15, -0.1) is 0 Å². The predicted molar refractivity (Wildman–Crippen MR) is 49.6 cm³/mol. The van der Waals surface area contributed by atoms with Gasteiger partial charge < -0.3 is 15.6 Å². The molecule has 0 aromatic carbocycles. The van der Waals surface area contributed by atoms with Crippen molar-refractivity contribution in [3.8, 4) is 0 Å². The number of amides is 2. The summed E-state index contributed by atoms with van der Waals surface area (Å²) in [6.07, 6.45) is 0.542. The lowest BCUT2D eigenvalue weighted by Crippen LogP contribution is -2.33. The van der Waals surface area contributed by atoms with Crippen molar-refractivity contribution in [1.29, 1.82) is 0 Å². The van der Waals surface area contributed by atoms with Crippen LogP contribution in [0, 0.1) is 6.92 Å². The number of hydrogen-bond donors (Lipinski definition) is 2. The van der Waals surface area contributed by atoms with E-state index in [0.29, 0.717) is 18.1 Å². The first-order valence-electron chi connectivity index (χ1n) is 4.42. The third kappa shape index (κ3) is 4.21. The van der Waals surface area contributed by atoms with Gasteiger partial charge in [-0.25, -0.2) is 0 Å². The van der Waals surface area contributed by atoms with Gasteiger partial charge in [-0.1, -0.05) is 5.16 Å². The molecule has 1 heterocycles. The average molecular weight is 212 g/mol. The Labute approximate surface area is 86.0 Å². The Morgan fingerprint density at radius 3 is 2.80 bits per heavy atom. The fourth-order valence-electron chi connectivity index (χ4n) is 0.936. The largest absolute Gasteiger partial charge is 0.368 e. The van der Waals surface area contributed by atoms with Crippen LogP contribution in [-0.2, 0) is 16.0 Å². The second kappa shape index (κ2) is 5.08. The van der Waals surface area contributed by atoms with Gasteiger partial charge in [0.25, 0.3) is 0 Å². The van der Waals surface area contributed by atoms with E-state index in [2.05, 4.69) is 15.5 Å². The number of hydrogen-bond acceptors (Lipinski definition) is 5. The van der Waals surface area contributed by atoms with Crippen molar-refractivity contribution in [3.05, 3.63) is 11.7 Å². The third-order valence-corrected chi connectivity index (χ3v) is 1.60. The molecule has 0 unspecified atom stereocenters. The smallest absolute Gasteiger partial charge is 0.236 e. The Morgan fingerprint density at radius 2 is 2.27 bits per heavy atom. The molecule has 0 saturated carbocycles. The molecule has 0 aliphatic rings. The standard InChI is InChI=1S/C8H12N4O3/c1-5-11-8(15-12-5)3-2-7(14)10-4-6(9)13/h2-4H2,1H3,(H2,9,13)(H,10,14). The van der Waals surface area contributed by atoms with Gasteiger partial charge in [0, 0.05) is 12.8 Å². The van der Waals surface area contributed by atoms with Gasteiger partial charge in [-0.3, -0.25) is 9.59 Å². The predicted octanol–water partition coefficient (Wildman–Crippen LogP) is -1.09. The van der Waals surface area contributed by atoms with E-state index in [1.54, 1.807) is 6.92 Å². The minimum Gasteiger partial charge on any atom is -0.368 e. The van der Waals surface area contributed by atoms with Gasteiger partial charge in [-0.2, -0.15) is 4.98 Å². The summed E-state index contributed by atoms with van der Waals surface area (Å²) in [4.78, 5) is 25.4. The second-order valence-corrected chi connectivity index (χ2v) is 2.98. The van der Waals surface area contributed by atoms with Crippen molar-refractivity contribution in [2.75, 3.05) is 6.54 Å². The topological polar surface area (TPSA) is 111 Å². The summed E-state index contributed by atoms with van der Waals surface area (Å²) in [5.41, 5.74) is 4.86. The summed E-state index contributed by atoms with van der Waals surface area (Å²) in [5.74, 6) is 0.0888. The van der Waals surface area contributed by atoms with Crippen LogP contribution in [0.1, 0.15) is 18.1 Å². The quantitative estimate of drug-likeness (QED) is 0.644. The molecule has 0 saturated heterocycles. The molecule has 0 aliphatic carbocycles. The molecule has 0 fully saturated rings. The number of rotatable bonds is 5. The molecule has 1 aromatic heterocycles. The SMILES string of the molecule is Cc1noc(CCC(=O)NCC(N)=O)n1. The molecule has 1 aromatic rings. The first-order valence-corrected chi connectivity index (χ1v) is 4.42. The zero-order chi connectivity index (χ0) is 11.3. The lowest BCUT2D eigenvalue weighted by molar-refractivity contribution is -0.124. The second-order valence-electron chi connectivity index (χ2n) is 2.98. The summed E-state index contributed by atoms with van der Waals surface area (Å²) in [5, 5.41) is 5.93. The zero-order valence-electron chi connectivity index (χ0n) is 8.32. The van der Waals surface area contributed by atoms with E-state index < -0.39 is 5.91 Å². The molecule has 0 radical (unpaired) electrons. The summed E-state index contributed by atoms with van der Waals surface area (Å²) < 4.78 is 4.81. The molecule has 0 atom stereocenters. The van der Waals surface area contributed by atoms with E-state index in [1.165, 1.54) is 0 Å². The Kier molecular flexibility index (Phi) is 3.78. The fraction of sp³-hybridized carbons (Fsp3) is 0.500. The number of nitrogens with one attached hydrogen (secondary N) is 1. The van der Waals surface area contributed by atoms with Crippen LogP contribution in [0.15, 0.2) is 4.52 Å². The Bertz CT molecular complexity index is 361. The molecular weight excluding hydrogens is 200 g/mol. The highest BCUT2D eigenvalue weighted by molar-refractivity contribution is 5.83. The zero-order valence-corrected chi connectivity index (χ0v) is 8.32. The number of aryl methyl sites for hydroxylation is 2. The average Bonchev–Trinajstić information content (AvgIpc) is 2.58. The molecule has 0 spiro atoms. The minimum absolute atomic E-state index is 0.151. The van der Waals surface area contributed by atoms with E-state index in [0.717, 1.165) is 0 Å². The van der Waals surface area contributed by atoms with Gasteiger partial charge in [-0.05, 0) is 6.92 Å². The van der Waals surface area contributed by atoms with Crippen LogP contribution in [0.25, 0.3) is 0 Å². The first kappa shape index (κ1) is 11.2. The molecule has 0 bridgehead atoms. The van der Waals surface area contributed by atoms with Crippen molar-refractivity contribution < 1.29 is 14.1 Å². The van der Waals surface area contributed by atoms with Crippen LogP contribution in [0.3, 0.4) is 0 Å². The minimum atomic E-state index is -0.572. The van der Waals surface area contributed by atoms with Crippen molar-refractivity contribution in [3.63, 3.8) is 0 Å². The van der Waals surface area contributed by atoms with Crippen LogP contribution >= 0.6 is 0 Å². The lowest BCUT2D eigenvalue weighted by Gasteiger charge is -1.99. The molecule has 3 N–H and O–H groups in total. The third-order valence-electron chi connectivity index (χ3n) is 1.60. The van der Waals surface area contributed by atoms with Crippen LogP contribution in [-0.4, -0.2) is 28.5 Å². The van der Waals surface area contributed by atoms with Crippen LogP contribution < -0.4 is 11.1 Å². The molecule has 82 valence electrons. The van der Waals surface area contributed by atoms with Crippen molar-refractivity contribution in [2.24, 2.45) is 5.73 Å². The van der Waals surface area contributed by atoms with Crippen LogP contribution in [0.4, 0.5) is 0 Å². The van der Waals surface area contributed by atoms with E-state index in [9.17, 15) is 9.59 Å². The number of nitrogens with two attached hydrogens (primary N) is 1. The normalized spacial score (nSPS) is 9.93. The van der Waals surface area contributed by atoms with E-state index >= 15 is 0 Å². The monoisotopic (exact) mass is 212 g/mol. The molecule has 2 amide bonds. The molecule has 7 heteroatoms. The maximum absolute atomic E-state index is 11.1. The summed E-state index contributed by atoms with van der Waals surface area (Å²) in [7, 11) is 0. The lowest BCUT2D eigenvalue weighted by atomic mass is 10.3. The van der Waals surface area contributed by atoms with Crippen LogP contribution in [0.2, 0.25) is 0 Å². The molecule has 0 aliphatic heterocycles. The van der Waals surface area contributed by atoms with E-state index in [-0.39, 0.29) is 18.9 Å². The molecule has 15 heavy (non-hydrogen) atoms. The first-order chi connectivity index (χ1) is 7.08. The Hall–Kier alpha value is -1.92. The van der Waals surface area contributed by atoms with E-state index in [1.807, 2.05) is 0 Å². The number of primary amides is 1. The number of carbonyl (C=O) groups is 2. The van der Waals surface area contributed by atoms with Gasteiger partial charge in [0.05, 0.1) is 6.54 Å². The maximum Gasteiger partial charge on any atom is 0.236 e. The van der Waals surface area contributed by atoms with Crippen LogP contribution in [0.5, 0.6) is 0 Å².